The molecule has 1 aliphatic rings. The van der Waals surface area contributed by atoms with E-state index in [0.717, 1.165) is 22.5 Å². The largest absolute Gasteiger partial charge is 0.451 e. The van der Waals surface area contributed by atoms with E-state index in [0.29, 0.717) is 55.4 Å². The van der Waals surface area contributed by atoms with Crippen LogP contribution in [0.15, 0.2) is 51.4 Å². The molecule has 1 amide bonds. The van der Waals surface area contributed by atoms with Crippen molar-refractivity contribution in [1.29, 1.82) is 0 Å². The third-order valence-electron chi connectivity index (χ3n) is 6.24. The number of rotatable bonds is 5. The number of hydrogen-bond acceptors (Lipinski definition) is 6. The van der Waals surface area contributed by atoms with Crippen molar-refractivity contribution < 1.29 is 18.5 Å². The number of benzene rings is 1. The molecule has 8 nitrogen and oxygen atoms in total. The van der Waals surface area contributed by atoms with Gasteiger partial charge in [-0.05, 0) is 39.0 Å². The van der Waals surface area contributed by atoms with Gasteiger partial charge in [0.2, 0.25) is 0 Å². The molecule has 0 bridgehead atoms. The van der Waals surface area contributed by atoms with E-state index >= 15 is 0 Å². The Labute approximate surface area is 191 Å². The Balaban J connectivity index is 1.22. The number of piperazine rings is 1. The Hall–Kier alpha value is -3.65. The van der Waals surface area contributed by atoms with Crippen molar-refractivity contribution in [2.75, 3.05) is 32.7 Å². The number of Topliss-reactive ketones (excluding diaryl/α,β-unsaturated/α-hetero) is 1. The predicted molar refractivity (Wildman–Crippen MR) is 123 cm³/mol. The van der Waals surface area contributed by atoms with E-state index in [2.05, 4.69) is 10.1 Å². The summed E-state index contributed by atoms with van der Waals surface area (Å²) in [5.74, 6) is 1.71. The maximum Gasteiger partial charge on any atom is 0.289 e. The number of furan rings is 1. The summed E-state index contributed by atoms with van der Waals surface area (Å²) in [5.41, 5.74) is 3.19. The van der Waals surface area contributed by atoms with E-state index in [-0.39, 0.29) is 11.7 Å². The van der Waals surface area contributed by atoms with Crippen molar-refractivity contribution in [1.82, 2.24) is 19.5 Å². The van der Waals surface area contributed by atoms with Gasteiger partial charge in [-0.15, -0.1) is 0 Å². The molecule has 0 atom stereocenters. The van der Waals surface area contributed by atoms with Crippen LogP contribution in [0.4, 0.5) is 0 Å². The van der Waals surface area contributed by atoms with Gasteiger partial charge in [-0.2, -0.15) is 0 Å². The van der Waals surface area contributed by atoms with Crippen molar-refractivity contribution in [3.8, 4) is 5.82 Å². The number of amides is 1. The predicted octanol–water partition coefficient (Wildman–Crippen LogP) is 3.78. The second-order valence-corrected chi connectivity index (χ2v) is 8.56. The smallest absolute Gasteiger partial charge is 0.289 e. The lowest BCUT2D eigenvalue weighted by atomic mass is 10.1. The molecule has 0 aliphatic carbocycles. The molecule has 1 aromatic carbocycles. The second-order valence-electron chi connectivity index (χ2n) is 8.56. The molecule has 33 heavy (non-hydrogen) atoms. The van der Waals surface area contributed by atoms with Gasteiger partial charge in [0.15, 0.2) is 17.4 Å². The zero-order valence-electron chi connectivity index (χ0n) is 19.0. The molecule has 4 heterocycles. The van der Waals surface area contributed by atoms with E-state index in [1.807, 2.05) is 61.7 Å². The maximum atomic E-state index is 13.1. The fourth-order valence-electron chi connectivity index (χ4n) is 4.50. The van der Waals surface area contributed by atoms with Crippen LogP contribution in [0, 0.1) is 20.8 Å². The molecule has 5 rings (SSSR count). The average molecular weight is 447 g/mol. The van der Waals surface area contributed by atoms with E-state index in [1.54, 1.807) is 11.0 Å². The summed E-state index contributed by atoms with van der Waals surface area (Å²) in [6.45, 7) is 8.42. The number of ketones is 1. The fraction of sp³-hybridized carbons (Fsp3) is 0.320. The maximum absolute atomic E-state index is 13.1. The molecule has 0 unspecified atom stereocenters. The first-order valence-electron chi connectivity index (χ1n) is 11.1. The molecule has 3 aromatic heterocycles. The van der Waals surface area contributed by atoms with Gasteiger partial charge in [-0.1, -0.05) is 23.4 Å². The van der Waals surface area contributed by atoms with Gasteiger partial charge >= 0.3 is 0 Å². The monoisotopic (exact) mass is 446 g/mol. The van der Waals surface area contributed by atoms with E-state index in [1.165, 1.54) is 0 Å². The highest BCUT2D eigenvalue weighted by Gasteiger charge is 2.27. The van der Waals surface area contributed by atoms with Crippen LogP contribution in [0.2, 0.25) is 0 Å². The van der Waals surface area contributed by atoms with Gasteiger partial charge in [0.1, 0.15) is 11.3 Å². The molecule has 170 valence electrons. The first-order chi connectivity index (χ1) is 15.9. The van der Waals surface area contributed by atoms with E-state index < -0.39 is 0 Å². The molecular formula is C25H26N4O4. The zero-order valence-corrected chi connectivity index (χ0v) is 19.0. The highest BCUT2D eigenvalue weighted by atomic mass is 16.5. The minimum atomic E-state index is -0.108. The molecule has 0 radical (unpaired) electrons. The number of carbonyl (C=O) groups is 2. The van der Waals surface area contributed by atoms with Crippen molar-refractivity contribution in [2.45, 2.75) is 20.8 Å². The quantitative estimate of drug-likeness (QED) is 0.434. The number of aromatic nitrogens is 2. The summed E-state index contributed by atoms with van der Waals surface area (Å²) in [6.07, 6.45) is 0. The van der Waals surface area contributed by atoms with Crippen LogP contribution >= 0.6 is 0 Å². The zero-order chi connectivity index (χ0) is 23.1. The topological polar surface area (TPSA) is 84.7 Å². The van der Waals surface area contributed by atoms with E-state index in [4.69, 9.17) is 8.94 Å². The average Bonchev–Trinajstić information content (AvgIpc) is 3.50. The first-order valence-corrected chi connectivity index (χ1v) is 11.1. The summed E-state index contributed by atoms with van der Waals surface area (Å²) in [5, 5.41) is 5.00. The number of aryl methyl sites for hydroxylation is 2. The number of fused-ring (bicyclic) bond motifs is 1. The summed E-state index contributed by atoms with van der Waals surface area (Å²) in [4.78, 5) is 29.8. The summed E-state index contributed by atoms with van der Waals surface area (Å²) in [7, 11) is 0. The lowest BCUT2D eigenvalue weighted by Gasteiger charge is -2.33. The first kappa shape index (κ1) is 21.2. The molecule has 4 aromatic rings. The molecule has 1 saturated heterocycles. The van der Waals surface area contributed by atoms with Crippen molar-refractivity contribution in [2.24, 2.45) is 0 Å². The van der Waals surface area contributed by atoms with Crippen LogP contribution in [-0.4, -0.2) is 63.9 Å². The van der Waals surface area contributed by atoms with Crippen LogP contribution < -0.4 is 0 Å². The van der Waals surface area contributed by atoms with Crippen LogP contribution in [0.3, 0.4) is 0 Å². The molecule has 0 saturated carbocycles. The third-order valence-corrected chi connectivity index (χ3v) is 6.24. The Morgan fingerprint density at radius 2 is 1.76 bits per heavy atom. The molecule has 8 heteroatoms. The van der Waals surface area contributed by atoms with E-state index in [9.17, 15) is 9.59 Å². The number of nitrogens with zero attached hydrogens (tertiary/aromatic N) is 4. The van der Waals surface area contributed by atoms with Crippen molar-refractivity contribution in [3.63, 3.8) is 0 Å². The summed E-state index contributed by atoms with van der Waals surface area (Å²) in [6, 6.07) is 13.2. The fourth-order valence-corrected chi connectivity index (χ4v) is 4.50. The highest BCUT2D eigenvalue weighted by Crippen LogP contribution is 2.23. The lowest BCUT2D eigenvalue weighted by molar-refractivity contribution is 0.0598. The Kier molecular flexibility index (Phi) is 5.38. The third kappa shape index (κ3) is 3.98. The van der Waals surface area contributed by atoms with Crippen molar-refractivity contribution in [3.05, 3.63) is 70.9 Å². The Morgan fingerprint density at radius 3 is 2.45 bits per heavy atom. The number of para-hydroxylation sites is 1. The normalized spacial score (nSPS) is 14.8. The van der Waals surface area contributed by atoms with Gasteiger partial charge in [-0.3, -0.25) is 19.1 Å². The Bertz CT molecular complexity index is 1300. The van der Waals surface area contributed by atoms with Gasteiger partial charge in [0.25, 0.3) is 5.91 Å². The minimum Gasteiger partial charge on any atom is -0.451 e. The number of hydrogen-bond donors (Lipinski definition) is 0. The van der Waals surface area contributed by atoms with Crippen LogP contribution in [0.1, 0.15) is 38.1 Å². The highest BCUT2D eigenvalue weighted by molar-refractivity contribution is 5.99. The molecule has 1 aliphatic heterocycles. The van der Waals surface area contributed by atoms with Gasteiger partial charge < -0.3 is 13.8 Å². The van der Waals surface area contributed by atoms with Crippen LogP contribution in [0.25, 0.3) is 16.8 Å². The lowest BCUT2D eigenvalue weighted by Crippen LogP contribution is -2.49. The summed E-state index contributed by atoms with van der Waals surface area (Å²) < 4.78 is 12.9. The molecule has 1 fully saturated rings. The standard InChI is InChI=1S/C25H26N4O4/c1-16-12-20(18(3)29(16)24-13-17(2)33-26-24)21(30)15-27-8-10-28(11-9-27)25(31)23-14-19-6-4-5-7-22(19)32-23/h4-7,12-14H,8-11,15H2,1-3H3. The molecule has 0 spiro atoms. The van der Waals surface area contributed by atoms with Gasteiger partial charge in [0, 0.05) is 54.6 Å². The van der Waals surface area contributed by atoms with Crippen molar-refractivity contribution >= 4 is 22.7 Å². The SMILES string of the molecule is Cc1cc(-n2c(C)cc(C(=O)CN3CCN(C(=O)c4cc5ccccc5o4)CC3)c2C)no1. The molecular weight excluding hydrogens is 420 g/mol. The van der Waals surface area contributed by atoms with Crippen LogP contribution in [0.5, 0.6) is 0 Å². The molecule has 0 N–H and O–H groups in total. The van der Waals surface area contributed by atoms with Gasteiger partial charge in [0.05, 0.1) is 6.54 Å². The van der Waals surface area contributed by atoms with Crippen LogP contribution in [-0.2, 0) is 0 Å². The van der Waals surface area contributed by atoms with Gasteiger partial charge in [-0.25, -0.2) is 0 Å². The second kappa shape index (κ2) is 8.37. The minimum absolute atomic E-state index is 0.0617. The Morgan fingerprint density at radius 1 is 1.00 bits per heavy atom. The number of carbonyl (C=O) groups excluding carboxylic acids is 2. The summed E-state index contributed by atoms with van der Waals surface area (Å²) >= 11 is 0.